The molecular weight excluding hydrogens is 446 g/mol. The molecule has 35 heavy (non-hydrogen) atoms. The Morgan fingerprint density at radius 2 is 1.66 bits per heavy atom. The van der Waals surface area contributed by atoms with Gasteiger partial charge in [0.1, 0.15) is 23.0 Å². The van der Waals surface area contributed by atoms with E-state index in [1.54, 1.807) is 43.5 Å². The number of hydrogen-bond acceptors (Lipinski definition) is 6. The number of ether oxygens (including phenoxy) is 3. The number of para-hydroxylation sites is 1. The summed E-state index contributed by atoms with van der Waals surface area (Å²) >= 11 is 0. The van der Waals surface area contributed by atoms with Gasteiger partial charge in [-0.15, -0.1) is 0 Å². The summed E-state index contributed by atoms with van der Waals surface area (Å²) in [6.07, 6.45) is 0. The first-order valence-electron chi connectivity index (χ1n) is 11.2. The third kappa shape index (κ3) is 4.90. The number of rotatable bonds is 8. The number of likely N-dealkylation sites (tertiary alicyclic amines) is 1. The molecule has 0 bridgehead atoms. The van der Waals surface area contributed by atoms with E-state index in [2.05, 4.69) is 0 Å². The van der Waals surface area contributed by atoms with Gasteiger partial charge < -0.3 is 24.2 Å². The number of benzene rings is 3. The lowest BCUT2D eigenvalue weighted by Crippen LogP contribution is -2.32. The van der Waals surface area contributed by atoms with Gasteiger partial charge in [0.15, 0.2) is 0 Å². The van der Waals surface area contributed by atoms with Crippen molar-refractivity contribution in [1.29, 1.82) is 0 Å². The Labute approximate surface area is 204 Å². The summed E-state index contributed by atoms with van der Waals surface area (Å²) in [5, 5.41) is 11.3. The van der Waals surface area contributed by atoms with E-state index in [0.717, 1.165) is 0 Å². The lowest BCUT2D eigenvalue weighted by Gasteiger charge is -2.25. The topological polar surface area (TPSA) is 85.3 Å². The van der Waals surface area contributed by atoms with Crippen LogP contribution in [0.1, 0.15) is 22.7 Å². The van der Waals surface area contributed by atoms with Crippen molar-refractivity contribution in [3.05, 3.63) is 95.1 Å². The summed E-state index contributed by atoms with van der Waals surface area (Å²) < 4.78 is 16.4. The van der Waals surface area contributed by atoms with Gasteiger partial charge in [-0.05, 0) is 60.5 Å². The molecule has 0 spiro atoms. The van der Waals surface area contributed by atoms with Crippen LogP contribution in [-0.2, 0) is 14.3 Å². The van der Waals surface area contributed by atoms with Gasteiger partial charge in [0.2, 0.25) is 0 Å². The number of ketones is 1. The van der Waals surface area contributed by atoms with Crippen LogP contribution in [0.25, 0.3) is 5.76 Å². The lowest BCUT2D eigenvalue weighted by molar-refractivity contribution is -0.140. The number of aliphatic hydroxyl groups is 1. The number of nitrogens with zero attached hydrogens (tertiary/aromatic N) is 1. The van der Waals surface area contributed by atoms with Crippen LogP contribution in [0.4, 0.5) is 0 Å². The summed E-state index contributed by atoms with van der Waals surface area (Å²) in [5.74, 6) is 0.172. The quantitative estimate of drug-likeness (QED) is 0.286. The van der Waals surface area contributed by atoms with E-state index >= 15 is 0 Å². The average Bonchev–Trinajstić information content (AvgIpc) is 3.12. The maximum absolute atomic E-state index is 13.2. The first kappa shape index (κ1) is 24.0. The maximum atomic E-state index is 13.2. The van der Waals surface area contributed by atoms with Crippen molar-refractivity contribution >= 4 is 17.4 Å². The van der Waals surface area contributed by atoms with Crippen LogP contribution in [0.2, 0.25) is 0 Å². The van der Waals surface area contributed by atoms with Gasteiger partial charge in [-0.1, -0.05) is 30.3 Å². The fraction of sp³-hybridized carbons (Fsp3) is 0.214. The number of amides is 1. The second kappa shape index (κ2) is 10.4. The fourth-order valence-electron chi connectivity index (χ4n) is 4.19. The van der Waals surface area contributed by atoms with E-state index in [9.17, 15) is 14.7 Å². The molecule has 0 radical (unpaired) electrons. The highest BCUT2D eigenvalue weighted by Gasteiger charge is 2.46. The van der Waals surface area contributed by atoms with Crippen LogP contribution in [-0.4, -0.2) is 49.1 Å². The molecule has 0 unspecified atom stereocenters. The van der Waals surface area contributed by atoms with Crippen LogP contribution in [0, 0.1) is 6.92 Å². The zero-order valence-corrected chi connectivity index (χ0v) is 19.9. The van der Waals surface area contributed by atoms with Gasteiger partial charge in [-0.25, -0.2) is 0 Å². The molecule has 1 aliphatic rings. The standard InChI is InChI=1S/C28H27NO6/c1-18-16-21(34-3)12-13-23(18)26(30)24-25(29(14-15-33-2)28(32)27(24)31)19-8-7-11-22(17-19)35-20-9-5-4-6-10-20/h4-13,16-17,25,30H,14-15H2,1-3H3/b26-24+/t25-/m1/s1. The number of aliphatic hydroxyl groups excluding tert-OH is 1. The van der Waals surface area contributed by atoms with E-state index in [1.807, 2.05) is 43.3 Å². The largest absolute Gasteiger partial charge is 0.507 e. The molecule has 1 saturated heterocycles. The molecule has 1 aliphatic heterocycles. The minimum absolute atomic E-state index is 0.0243. The van der Waals surface area contributed by atoms with Crippen molar-refractivity contribution in [1.82, 2.24) is 4.90 Å². The minimum Gasteiger partial charge on any atom is -0.507 e. The Balaban J connectivity index is 1.82. The van der Waals surface area contributed by atoms with Gasteiger partial charge in [-0.3, -0.25) is 9.59 Å². The molecule has 0 saturated carbocycles. The highest BCUT2D eigenvalue weighted by Crippen LogP contribution is 2.41. The molecular formula is C28H27NO6. The zero-order valence-electron chi connectivity index (χ0n) is 19.9. The molecule has 0 aromatic heterocycles. The van der Waals surface area contributed by atoms with E-state index in [1.165, 1.54) is 12.0 Å². The van der Waals surface area contributed by atoms with Crippen molar-refractivity contribution in [3.8, 4) is 17.2 Å². The summed E-state index contributed by atoms with van der Waals surface area (Å²) in [6, 6.07) is 20.8. The molecule has 3 aromatic rings. The Morgan fingerprint density at radius 3 is 2.34 bits per heavy atom. The summed E-state index contributed by atoms with van der Waals surface area (Å²) in [5.41, 5.74) is 1.83. The predicted molar refractivity (Wildman–Crippen MR) is 132 cm³/mol. The molecule has 1 N–H and O–H groups in total. The van der Waals surface area contributed by atoms with E-state index in [-0.39, 0.29) is 24.5 Å². The summed E-state index contributed by atoms with van der Waals surface area (Å²) in [6.45, 7) is 2.24. The Hall–Kier alpha value is -4.10. The molecule has 4 rings (SSSR count). The third-order valence-corrected chi connectivity index (χ3v) is 5.92. The molecule has 1 atom stereocenters. The molecule has 3 aromatic carbocycles. The lowest BCUT2D eigenvalue weighted by atomic mass is 9.93. The third-order valence-electron chi connectivity index (χ3n) is 5.92. The molecule has 7 heteroatoms. The first-order valence-corrected chi connectivity index (χ1v) is 11.2. The van der Waals surface area contributed by atoms with Crippen molar-refractivity contribution in [2.24, 2.45) is 0 Å². The SMILES string of the molecule is COCCN1C(=O)C(=O)/C(=C(/O)c2ccc(OC)cc2C)[C@H]1c1cccc(Oc2ccccc2)c1. The maximum Gasteiger partial charge on any atom is 0.295 e. The highest BCUT2D eigenvalue weighted by atomic mass is 16.5. The van der Waals surface area contributed by atoms with Crippen LogP contribution < -0.4 is 9.47 Å². The normalized spacial score (nSPS) is 17.0. The Morgan fingerprint density at radius 1 is 0.914 bits per heavy atom. The Bertz CT molecular complexity index is 1270. The van der Waals surface area contributed by atoms with Crippen LogP contribution in [0.15, 0.2) is 78.4 Å². The van der Waals surface area contributed by atoms with Gasteiger partial charge in [0.05, 0.1) is 25.3 Å². The minimum atomic E-state index is -0.800. The number of Topliss-reactive ketones (excluding diaryl/α,β-unsaturated/α-hetero) is 1. The van der Waals surface area contributed by atoms with Crippen LogP contribution in [0.5, 0.6) is 17.2 Å². The summed E-state index contributed by atoms with van der Waals surface area (Å²) in [4.78, 5) is 27.6. The number of methoxy groups -OCH3 is 2. The molecule has 1 amide bonds. The fourth-order valence-corrected chi connectivity index (χ4v) is 4.19. The van der Waals surface area contributed by atoms with Crippen LogP contribution in [0.3, 0.4) is 0 Å². The van der Waals surface area contributed by atoms with Crippen molar-refractivity contribution in [3.63, 3.8) is 0 Å². The Kier molecular flexibility index (Phi) is 7.17. The number of hydrogen-bond donors (Lipinski definition) is 1. The summed E-state index contributed by atoms with van der Waals surface area (Å²) in [7, 11) is 3.08. The molecule has 0 aliphatic carbocycles. The molecule has 7 nitrogen and oxygen atoms in total. The van der Waals surface area contributed by atoms with Crippen LogP contribution >= 0.6 is 0 Å². The number of carbonyl (C=O) groups excluding carboxylic acids is 2. The van der Waals surface area contributed by atoms with Crippen molar-refractivity contribution < 1.29 is 28.9 Å². The number of carbonyl (C=O) groups is 2. The van der Waals surface area contributed by atoms with Gasteiger partial charge in [-0.2, -0.15) is 0 Å². The van der Waals surface area contributed by atoms with Gasteiger partial charge >= 0.3 is 0 Å². The van der Waals surface area contributed by atoms with Crippen molar-refractivity contribution in [2.45, 2.75) is 13.0 Å². The van der Waals surface area contributed by atoms with E-state index < -0.39 is 17.7 Å². The monoisotopic (exact) mass is 473 g/mol. The second-order valence-electron chi connectivity index (χ2n) is 8.15. The van der Waals surface area contributed by atoms with E-state index in [4.69, 9.17) is 14.2 Å². The molecule has 180 valence electrons. The zero-order chi connectivity index (χ0) is 24.9. The number of aryl methyl sites for hydroxylation is 1. The highest BCUT2D eigenvalue weighted by molar-refractivity contribution is 6.46. The second-order valence-corrected chi connectivity index (χ2v) is 8.15. The van der Waals surface area contributed by atoms with E-state index in [0.29, 0.717) is 33.9 Å². The van der Waals surface area contributed by atoms with Gasteiger partial charge in [0, 0.05) is 19.2 Å². The molecule has 1 fully saturated rings. The van der Waals surface area contributed by atoms with Crippen molar-refractivity contribution in [2.75, 3.05) is 27.4 Å². The smallest absolute Gasteiger partial charge is 0.295 e. The predicted octanol–water partition coefficient (Wildman–Crippen LogP) is 4.86. The molecule has 1 heterocycles. The average molecular weight is 474 g/mol. The first-order chi connectivity index (χ1) is 16.9. The van der Waals surface area contributed by atoms with Gasteiger partial charge in [0.25, 0.3) is 11.7 Å².